The van der Waals surface area contributed by atoms with E-state index in [1.165, 1.54) is 0 Å². The molecular formula is C21H36O6. The van der Waals surface area contributed by atoms with Crippen molar-refractivity contribution in [2.45, 2.75) is 60.8 Å². The first kappa shape index (κ1) is 29.4. The van der Waals surface area contributed by atoms with Gasteiger partial charge in [0.05, 0.1) is 19.8 Å². The van der Waals surface area contributed by atoms with Gasteiger partial charge in [-0.3, -0.25) is 0 Å². The van der Waals surface area contributed by atoms with Crippen molar-refractivity contribution in [2.24, 2.45) is 0 Å². The maximum atomic E-state index is 10.7. The Bertz CT molecular complexity index is 491. The zero-order chi connectivity index (χ0) is 21.8. The Labute approximate surface area is 164 Å². The van der Waals surface area contributed by atoms with Gasteiger partial charge in [-0.2, -0.15) is 0 Å². The molecule has 0 aliphatic heterocycles. The molecule has 6 nitrogen and oxygen atoms in total. The predicted molar refractivity (Wildman–Crippen MR) is 108 cm³/mol. The van der Waals surface area contributed by atoms with Crippen molar-refractivity contribution in [3.05, 3.63) is 36.5 Å². The van der Waals surface area contributed by atoms with Crippen LogP contribution in [0.1, 0.15) is 60.8 Å². The molecule has 156 valence electrons. The molecule has 0 atom stereocenters. The minimum atomic E-state index is -0.312. The topological polar surface area (TPSA) is 78.9 Å². The molecule has 0 fully saturated rings. The summed E-state index contributed by atoms with van der Waals surface area (Å²) in [4.78, 5) is 31.7. The molecule has 0 heterocycles. The van der Waals surface area contributed by atoms with Gasteiger partial charge in [0.1, 0.15) is 0 Å². The predicted octanol–water partition coefficient (Wildman–Crippen LogP) is 4.55. The number of hydrogen-bond donors (Lipinski definition) is 0. The van der Waals surface area contributed by atoms with Crippen molar-refractivity contribution in [1.29, 1.82) is 0 Å². The van der Waals surface area contributed by atoms with Crippen molar-refractivity contribution >= 4 is 17.9 Å². The van der Waals surface area contributed by atoms with Gasteiger partial charge in [-0.05, 0) is 40.5 Å². The summed E-state index contributed by atoms with van der Waals surface area (Å²) < 4.78 is 14.1. The Morgan fingerprint density at radius 3 is 1.26 bits per heavy atom. The van der Waals surface area contributed by atoms with Crippen LogP contribution in [0.15, 0.2) is 36.5 Å². The van der Waals surface area contributed by atoms with E-state index in [-0.39, 0.29) is 17.9 Å². The lowest BCUT2D eigenvalue weighted by molar-refractivity contribution is -0.139. The van der Waals surface area contributed by atoms with Crippen LogP contribution in [0.25, 0.3) is 0 Å². The molecule has 0 aromatic carbocycles. The van der Waals surface area contributed by atoms with Gasteiger partial charge in [-0.1, -0.05) is 40.0 Å². The average molecular weight is 385 g/mol. The minimum Gasteiger partial charge on any atom is -0.463 e. The number of hydrogen-bond acceptors (Lipinski definition) is 6. The van der Waals surface area contributed by atoms with Crippen LogP contribution in [0.3, 0.4) is 0 Å². The van der Waals surface area contributed by atoms with Gasteiger partial charge < -0.3 is 14.2 Å². The first-order chi connectivity index (χ1) is 12.5. The minimum absolute atomic E-state index is 0.284. The molecule has 0 aliphatic carbocycles. The first-order valence-corrected chi connectivity index (χ1v) is 9.02. The van der Waals surface area contributed by atoms with E-state index in [0.29, 0.717) is 36.5 Å². The number of rotatable bonds is 9. The van der Waals surface area contributed by atoms with Gasteiger partial charge in [0.2, 0.25) is 0 Å². The fourth-order valence-corrected chi connectivity index (χ4v) is 1.00. The van der Waals surface area contributed by atoms with Crippen molar-refractivity contribution < 1.29 is 28.6 Å². The van der Waals surface area contributed by atoms with E-state index in [9.17, 15) is 14.4 Å². The third-order valence-electron chi connectivity index (χ3n) is 2.49. The Kier molecular flexibility index (Phi) is 21.7. The Morgan fingerprint density at radius 2 is 1.00 bits per heavy atom. The lowest BCUT2D eigenvalue weighted by Gasteiger charge is -2.01. The molecule has 6 heteroatoms. The van der Waals surface area contributed by atoms with Crippen LogP contribution < -0.4 is 0 Å². The van der Waals surface area contributed by atoms with Crippen molar-refractivity contribution in [3.8, 4) is 0 Å². The van der Waals surface area contributed by atoms with E-state index in [1.807, 2.05) is 6.92 Å². The Hall–Kier alpha value is -2.37. The highest BCUT2D eigenvalue weighted by Gasteiger charge is 2.00. The number of carbonyl (C=O) groups is 3. The highest BCUT2D eigenvalue weighted by atomic mass is 16.5. The van der Waals surface area contributed by atoms with Crippen LogP contribution in [-0.2, 0) is 28.6 Å². The molecule has 0 rings (SSSR count). The number of unbranched alkanes of at least 4 members (excludes halogenated alkanes) is 1. The fraction of sp³-hybridized carbons (Fsp3) is 0.571. The van der Waals surface area contributed by atoms with E-state index in [0.717, 1.165) is 19.3 Å². The Balaban J connectivity index is -0.000000322. The molecule has 27 heavy (non-hydrogen) atoms. The standard InChI is InChI=1S/C8H14O2.C7H12O2.C6H10O2/c1-4-5-6-10-8(9)7(2)3;1-4-5-9-7(8)6(2)3;1-4-8-6(7)5(2)3/h2,4-6H2,1,3H3;2,4-5H2,1,3H3;2,4H2,1,3H3. The normalized spacial score (nSPS) is 8.67. The fourth-order valence-electron chi connectivity index (χ4n) is 1.00. The Morgan fingerprint density at radius 1 is 0.630 bits per heavy atom. The molecule has 0 spiro atoms. The second-order valence-electron chi connectivity index (χ2n) is 5.69. The van der Waals surface area contributed by atoms with E-state index < -0.39 is 0 Å². The quantitative estimate of drug-likeness (QED) is 0.251. The molecule has 0 saturated heterocycles. The van der Waals surface area contributed by atoms with E-state index in [1.54, 1.807) is 27.7 Å². The summed E-state index contributed by atoms with van der Waals surface area (Å²) in [6.07, 6.45) is 2.83. The molecular weight excluding hydrogens is 348 g/mol. The smallest absolute Gasteiger partial charge is 0.333 e. The maximum absolute atomic E-state index is 10.7. The molecule has 0 aliphatic rings. The van der Waals surface area contributed by atoms with Gasteiger partial charge in [-0.25, -0.2) is 14.4 Å². The molecule has 0 aromatic rings. The third kappa shape index (κ3) is 23.6. The van der Waals surface area contributed by atoms with Crippen molar-refractivity contribution in [3.63, 3.8) is 0 Å². The lowest BCUT2D eigenvalue weighted by atomic mass is 10.3. The number of ether oxygens (including phenoxy) is 3. The van der Waals surface area contributed by atoms with Crippen LogP contribution in [-0.4, -0.2) is 37.7 Å². The lowest BCUT2D eigenvalue weighted by Crippen LogP contribution is -2.05. The molecule has 0 unspecified atom stereocenters. The maximum Gasteiger partial charge on any atom is 0.333 e. The van der Waals surface area contributed by atoms with Crippen LogP contribution >= 0.6 is 0 Å². The second-order valence-corrected chi connectivity index (χ2v) is 5.69. The molecule has 0 amide bonds. The number of carbonyl (C=O) groups excluding carboxylic acids is 3. The average Bonchev–Trinajstić information content (AvgIpc) is 2.60. The number of esters is 3. The summed E-state index contributed by atoms with van der Waals surface area (Å²) in [7, 11) is 0. The summed E-state index contributed by atoms with van der Waals surface area (Å²) in [5, 5.41) is 0. The second kappa shape index (κ2) is 19.9. The highest BCUT2D eigenvalue weighted by molar-refractivity contribution is 5.87. The summed E-state index contributed by atoms with van der Waals surface area (Å²) in [5.74, 6) is -0.891. The molecule has 0 saturated carbocycles. The van der Waals surface area contributed by atoms with E-state index in [2.05, 4.69) is 31.4 Å². The monoisotopic (exact) mass is 384 g/mol. The third-order valence-corrected chi connectivity index (χ3v) is 2.49. The van der Waals surface area contributed by atoms with Gasteiger partial charge in [0.15, 0.2) is 0 Å². The van der Waals surface area contributed by atoms with Gasteiger partial charge in [-0.15, -0.1) is 0 Å². The zero-order valence-electron chi connectivity index (χ0n) is 17.8. The SMILES string of the molecule is C=C(C)C(=O)OCC.C=C(C)C(=O)OCCC.C=C(C)C(=O)OCCCC. The van der Waals surface area contributed by atoms with E-state index >= 15 is 0 Å². The summed E-state index contributed by atoms with van der Waals surface area (Å²) in [6, 6.07) is 0. The summed E-state index contributed by atoms with van der Waals surface area (Å²) in [6.45, 7) is 22.4. The van der Waals surface area contributed by atoms with Gasteiger partial charge >= 0.3 is 17.9 Å². The van der Waals surface area contributed by atoms with E-state index in [4.69, 9.17) is 9.47 Å². The largest absolute Gasteiger partial charge is 0.463 e. The van der Waals surface area contributed by atoms with Gasteiger partial charge in [0, 0.05) is 16.7 Å². The highest BCUT2D eigenvalue weighted by Crippen LogP contribution is 1.94. The van der Waals surface area contributed by atoms with Crippen molar-refractivity contribution in [1.82, 2.24) is 0 Å². The summed E-state index contributed by atoms with van der Waals surface area (Å²) in [5.41, 5.74) is 1.38. The van der Waals surface area contributed by atoms with Gasteiger partial charge in [0.25, 0.3) is 0 Å². The molecule has 0 N–H and O–H groups in total. The van der Waals surface area contributed by atoms with Crippen molar-refractivity contribution in [2.75, 3.05) is 19.8 Å². The van der Waals surface area contributed by atoms with Crippen LogP contribution in [0, 0.1) is 0 Å². The molecule has 0 aromatic heterocycles. The summed E-state index contributed by atoms with van der Waals surface area (Å²) >= 11 is 0. The van der Waals surface area contributed by atoms with Crippen LogP contribution in [0.2, 0.25) is 0 Å². The molecule has 0 bridgehead atoms. The first-order valence-electron chi connectivity index (χ1n) is 9.02. The van der Waals surface area contributed by atoms with Crippen LogP contribution in [0.4, 0.5) is 0 Å². The van der Waals surface area contributed by atoms with Crippen LogP contribution in [0.5, 0.6) is 0 Å². The zero-order valence-corrected chi connectivity index (χ0v) is 17.8. The molecule has 0 radical (unpaired) electrons.